The highest BCUT2D eigenvalue weighted by Crippen LogP contribution is 2.12. The van der Waals surface area contributed by atoms with Crippen LogP contribution in [0, 0.1) is 5.82 Å². The zero-order chi connectivity index (χ0) is 12.1. The first-order valence-electron chi connectivity index (χ1n) is 5.19. The highest BCUT2D eigenvalue weighted by Gasteiger charge is 2.00. The number of hydrogen-bond donors (Lipinski definition) is 3. The van der Waals surface area contributed by atoms with Crippen LogP contribution < -0.4 is 16.6 Å². The molecule has 1 heterocycles. The fourth-order valence-corrected chi connectivity index (χ4v) is 1.42. The highest BCUT2D eigenvalue weighted by molar-refractivity contribution is 5.47. The second kappa shape index (κ2) is 5.27. The van der Waals surface area contributed by atoms with Crippen LogP contribution in [-0.2, 0) is 6.54 Å². The lowest BCUT2D eigenvalue weighted by atomic mass is 10.2. The Morgan fingerprint density at radius 1 is 1.18 bits per heavy atom. The lowest BCUT2D eigenvalue weighted by Crippen LogP contribution is -2.08. The number of nitrogen functional groups attached to an aromatic ring is 1. The summed E-state index contributed by atoms with van der Waals surface area (Å²) >= 11 is 0. The molecule has 4 nitrogen and oxygen atoms in total. The molecule has 0 aliphatic carbocycles. The van der Waals surface area contributed by atoms with Gasteiger partial charge in [0.2, 0.25) is 0 Å². The topological polar surface area (TPSA) is 63.0 Å². The molecule has 88 valence electrons. The third kappa shape index (κ3) is 2.92. The van der Waals surface area contributed by atoms with E-state index in [0.29, 0.717) is 17.9 Å². The number of hydrazine groups is 1. The summed E-state index contributed by atoms with van der Waals surface area (Å²) in [6, 6.07) is 10.2. The van der Waals surface area contributed by atoms with Crippen molar-refractivity contribution in [1.82, 2.24) is 4.98 Å². The zero-order valence-corrected chi connectivity index (χ0v) is 9.15. The lowest BCUT2D eigenvalue weighted by molar-refractivity contribution is 0.613. The third-order valence-corrected chi connectivity index (χ3v) is 2.35. The van der Waals surface area contributed by atoms with Gasteiger partial charge in [-0.25, -0.2) is 15.2 Å². The molecule has 1 aromatic heterocycles. The number of aromatic nitrogens is 1. The van der Waals surface area contributed by atoms with Crippen molar-refractivity contribution >= 4 is 11.5 Å². The van der Waals surface area contributed by atoms with Gasteiger partial charge in [-0.1, -0.05) is 18.2 Å². The van der Waals surface area contributed by atoms with E-state index in [0.717, 1.165) is 5.69 Å². The lowest BCUT2D eigenvalue weighted by Gasteiger charge is -2.07. The molecule has 2 aromatic rings. The molecule has 0 bridgehead atoms. The molecule has 0 aliphatic heterocycles. The number of nitrogens with two attached hydrogens (primary N) is 1. The first-order chi connectivity index (χ1) is 8.29. The Hall–Kier alpha value is -2.14. The minimum Gasteiger partial charge on any atom is -0.380 e. The minimum atomic E-state index is -0.215. The SMILES string of the molecule is NNc1ccc(NCc2ccccc2F)cn1. The Morgan fingerprint density at radius 3 is 2.65 bits per heavy atom. The fraction of sp³-hybridized carbons (Fsp3) is 0.0833. The average molecular weight is 232 g/mol. The molecule has 0 unspecified atom stereocenters. The van der Waals surface area contributed by atoms with Gasteiger partial charge in [-0.2, -0.15) is 0 Å². The van der Waals surface area contributed by atoms with Crippen molar-refractivity contribution in [3.05, 3.63) is 54.0 Å². The number of halogens is 1. The van der Waals surface area contributed by atoms with Crippen molar-refractivity contribution in [1.29, 1.82) is 0 Å². The summed E-state index contributed by atoms with van der Waals surface area (Å²) in [7, 11) is 0. The smallest absolute Gasteiger partial charge is 0.140 e. The van der Waals surface area contributed by atoms with E-state index in [1.807, 2.05) is 6.07 Å². The van der Waals surface area contributed by atoms with Crippen molar-refractivity contribution in [2.24, 2.45) is 5.84 Å². The predicted molar refractivity (Wildman–Crippen MR) is 65.8 cm³/mol. The molecule has 2 rings (SSSR count). The number of anilines is 2. The van der Waals surface area contributed by atoms with Gasteiger partial charge in [-0.15, -0.1) is 0 Å². The summed E-state index contributed by atoms with van der Waals surface area (Å²) < 4.78 is 13.3. The van der Waals surface area contributed by atoms with E-state index < -0.39 is 0 Å². The Kier molecular flexibility index (Phi) is 3.52. The van der Waals surface area contributed by atoms with Crippen molar-refractivity contribution in [3.8, 4) is 0 Å². The Balaban J connectivity index is 2.00. The average Bonchev–Trinajstić information content (AvgIpc) is 2.38. The molecule has 1 aromatic carbocycles. The van der Waals surface area contributed by atoms with E-state index in [4.69, 9.17) is 5.84 Å². The molecule has 5 heteroatoms. The van der Waals surface area contributed by atoms with Crippen molar-refractivity contribution < 1.29 is 4.39 Å². The number of nitrogens with one attached hydrogen (secondary N) is 2. The summed E-state index contributed by atoms with van der Waals surface area (Å²) in [4.78, 5) is 4.04. The molecule has 0 aliphatic rings. The molecular weight excluding hydrogens is 219 g/mol. The van der Waals surface area contributed by atoms with Gasteiger partial charge in [0, 0.05) is 12.1 Å². The maximum atomic E-state index is 13.3. The van der Waals surface area contributed by atoms with Crippen molar-refractivity contribution in [2.45, 2.75) is 6.54 Å². The molecular formula is C12H13FN4. The van der Waals surface area contributed by atoms with Gasteiger partial charge in [-0.05, 0) is 18.2 Å². The van der Waals surface area contributed by atoms with Crippen LogP contribution in [0.4, 0.5) is 15.9 Å². The van der Waals surface area contributed by atoms with E-state index in [1.165, 1.54) is 6.07 Å². The minimum absolute atomic E-state index is 0.215. The zero-order valence-electron chi connectivity index (χ0n) is 9.15. The van der Waals surface area contributed by atoms with Gasteiger partial charge < -0.3 is 10.7 Å². The first kappa shape index (κ1) is 11.3. The number of pyridine rings is 1. The van der Waals surface area contributed by atoms with Gasteiger partial charge in [-0.3, -0.25) is 0 Å². The molecule has 0 fully saturated rings. The monoisotopic (exact) mass is 232 g/mol. The fourth-order valence-electron chi connectivity index (χ4n) is 1.42. The molecule has 0 spiro atoms. The molecule has 17 heavy (non-hydrogen) atoms. The standard InChI is InChI=1S/C12H13FN4/c13-11-4-2-1-3-9(11)7-15-10-5-6-12(17-14)16-8-10/h1-6,8,15H,7,14H2,(H,16,17). The molecule has 0 saturated carbocycles. The molecule has 0 amide bonds. The van der Waals surface area contributed by atoms with Crippen LogP contribution in [0.25, 0.3) is 0 Å². The van der Waals surface area contributed by atoms with Crippen molar-refractivity contribution in [3.63, 3.8) is 0 Å². The van der Waals surface area contributed by atoms with Gasteiger partial charge in [0.15, 0.2) is 0 Å². The summed E-state index contributed by atoms with van der Waals surface area (Å²) in [5, 5.41) is 3.08. The predicted octanol–water partition coefficient (Wildman–Crippen LogP) is 2.12. The number of hydrogen-bond acceptors (Lipinski definition) is 4. The van der Waals surface area contributed by atoms with E-state index >= 15 is 0 Å². The number of nitrogens with zero attached hydrogens (tertiary/aromatic N) is 1. The third-order valence-electron chi connectivity index (χ3n) is 2.35. The normalized spacial score (nSPS) is 10.0. The van der Waals surface area contributed by atoms with Gasteiger partial charge in [0.05, 0.1) is 11.9 Å². The van der Waals surface area contributed by atoms with E-state index in [2.05, 4.69) is 15.7 Å². The largest absolute Gasteiger partial charge is 0.380 e. The van der Waals surface area contributed by atoms with E-state index in [-0.39, 0.29) is 5.82 Å². The molecule has 0 saturated heterocycles. The molecule has 0 atom stereocenters. The van der Waals surface area contributed by atoms with E-state index in [1.54, 1.807) is 30.5 Å². The maximum Gasteiger partial charge on any atom is 0.140 e. The summed E-state index contributed by atoms with van der Waals surface area (Å²) in [5.74, 6) is 5.57. The quantitative estimate of drug-likeness (QED) is 0.558. The van der Waals surface area contributed by atoms with Crippen LogP contribution in [0.2, 0.25) is 0 Å². The molecule has 4 N–H and O–H groups in total. The Bertz CT molecular complexity index is 484. The highest BCUT2D eigenvalue weighted by atomic mass is 19.1. The Labute approximate surface area is 98.6 Å². The van der Waals surface area contributed by atoms with Crippen LogP contribution in [0.15, 0.2) is 42.6 Å². The van der Waals surface area contributed by atoms with Gasteiger partial charge >= 0.3 is 0 Å². The number of benzene rings is 1. The second-order valence-electron chi connectivity index (χ2n) is 3.52. The Morgan fingerprint density at radius 2 is 2.00 bits per heavy atom. The summed E-state index contributed by atoms with van der Waals surface area (Å²) in [5.41, 5.74) is 3.87. The van der Waals surface area contributed by atoms with Crippen LogP contribution >= 0.6 is 0 Å². The van der Waals surface area contributed by atoms with Gasteiger partial charge in [0.1, 0.15) is 11.6 Å². The molecule has 0 radical (unpaired) electrons. The summed E-state index contributed by atoms with van der Waals surface area (Å²) in [6.07, 6.45) is 1.63. The maximum absolute atomic E-state index is 13.3. The summed E-state index contributed by atoms with van der Waals surface area (Å²) in [6.45, 7) is 0.420. The number of rotatable bonds is 4. The van der Waals surface area contributed by atoms with Crippen LogP contribution in [0.3, 0.4) is 0 Å². The van der Waals surface area contributed by atoms with Crippen LogP contribution in [0.5, 0.6) is 0 Å². The van der Waals surface area contributed by atoms with E-state index in [9.17, 15) is 4.39 Å². The second-order valence-corrected chi connectivity index (χ2v) is 3.52. The van der Waals surface area contributed by atoms with Crippen LogP contribution in [0.1, 0.15) is 5.56 Å². The van der Waals surface area contributed by atoms with Crippen LogP contribution in [-0.4, -0.2) is 4.98 Å². The van der Waals surface area contributed by atoms with Crippen molar-refractivity contribution in [2.75, 3.05) is 10.7 Å². The van der Waals surface area contributed by atoms with Gasteiger partial charge in [0.25, 0.3) is 0 Å². The first-order valence-corrected chi connectivity index (χ1v) is 5.19.